The van der Waals surface area contributed by atoms with Gasteiger partial charge in [-0.05, 0) is 17.7 Å². The Hall–Kier alpha value is -3.48. The van der Waals surface area contributed by atoms with Crippen LogP contribution in [0.1, 0.15) is 30.8 Å². The Morgan fingerprint density at radius 3 is 2.50 bits per heavy atom. The minimum absolute atomic E-state index is 0.109. The van der Waals surface area contributed by atoms with E-state index in [-0.39, 0.29) is 30.3 Å². The van der Waals surface area contributed by atoms with Crippen molar-refractivity contribution >= 4 is 22.7 Å². The van der Waals surface area contributed by atoms with Crippen LogP contribution in [-0.4, -0.2) is 33.7 Å². The molecule has 0 spiro atoms. The number of carbonyl (C=O) groups is 2. The zero-order valence-corrected chi connectivity index (χ0v) is 15.8. The molecule has 0 aliphatic carbocycles. The van der Waals surface area contributed by atoms with Gasteiger partial charge in [0.25, 0.3) is 5.56 Å². The van der Waals surface area contributed by atoms with E-state index >= 15 is 0 Å². The van der Waals surface area contributed by atoms with E-state index in [4.69, 9.17) is 0 Å². The normalized spacial score (nSPS) is 11.8. The summed E-state index contributed by atoms with van der Waals surface area (Å²) in [7, 11) is 1.65. The number of amides is 2. The molecule has 1 heterocycles. The number of hydrogen-bond acceptors (Lipinski definition) is 4. The summed E-state index contributed by atoms with van der Waals surface area (Å²) in [6.45, 7) is 1.59. The molecule has 0 unspecified atom stereocenters. The van der Waals surface area contributed by atoms with Gasteiger partial charge in [0.05, 0.1) is 29.9 Å². The first-order chi connectivity index (χ1) is 13.4. The summed E-state index contributed by atoms with van der Waals surface area (Å²) in [6.07, 6.45) is 0.109. The molecule has 7 heteroatoms. The van der Waals surface area contributed by atoms with Crippen molar-refractivity contribution in [1.29, 1.82) is 0 Å². The number of rotatable bonds is 6. The van der Waals surface area contributed by atoms with Crippen LogP contribution in [0.15, 0.2) is 59.4 Å². The lowest BCUT2D eigenvalue weighted by atomic mass is 10.0. The van der Waals surface area contributed by atoms with E-state index in [1.807, 2.05) is 36.4 Å². The summed E-state index contributed by atoms with van der Waals surface area (Å²) in [5.41, 5.74) is 1.21. The van der Waals surface area contributed by atoms with Gasteiger partial charge in [-0.25, -0.2) is 4.98 Å². The monoisotopic (exact) mass is 378 g/mol. The van der Waals surface area contributed by atoms with Gasteiger partial charge in [-0.15, -0.1) is 0 Å². The summed E-state index contributed by atoms with van der Waals surface area (Å²) in [4.78, 5) is 45.1. The molecule has 3 aromatic rings. The van der Waals surface area contributed by atoms with Gasteiger partial charge in [-0.1, -0.05) is 42.5 Å². The Labute approximate surface area is 162 Å². The number of benzene rings is 2. The van der Waals surface area contributed by atoms with Gasteiger partial charge in [-0.2, -0.15) is 0 Å². The Balaban J connectivity index is 1.74. The molecule has 0 aliphatic heterocycles. The van der Waals surface area contributed by atoms with E-state index in [1.54, 1.807) is 25.2 Å². The maximum atomic E-state index is 12.7. The van der Waals surface area contributed by atoms with E-state index in [2.05, 4.69) is 15.3 Å². The Morgan fingerprint density at radius 1 is 1.11 bits per heavy atom. The fraction of sp³-hybridized carbons (Fsp3) is 0.238. The number of hydrogen-bond donors (Lipinski definition) is 2. The molecule has 0 aliphatic rings. The van der Waals surface area contributed by atoms with Crippen molar-refractivity contribution in [3.8, 4) is 0 Å². The fourth-order valence-electron chi connectivity index (χ4n) is 3.04. The lowest BCUT2D eigenvalue weighted by Gasteiger charge is -2.22. The summed E-state index contributed by atoms with van der Waals surface area (Å²) >= 11 is 0. The van der Waals surface area contributed by atoms with Crippen LogP contribution >= 0.6 is 0 Å². The zero-order chi connectivity index (χ0) is 20.1. The molecule has 144 valence electrons. The molecule has 1 atom stereocenters. The highest BCUT2D eigenvalue weighted by Crippen LogP contribution is 2.18. The summed E-state index contributed by atoms with van der Waals surface area (Å²) in [5, 5.41) is 3.33. The van der Waals surface area contributed by atoms with Gasteiger partial charge in [0, 0.05) is 14.0 Å². The quantitative estimate of drug-likeness (QED) is 0.687. The highest BCUT2D eigenvalue weighted by molar-refractivity contribution is 5.79. The number of H-pyrrole nitrogens is 1. The highest BCUT2D eigenvalue weighted by atomic mass is 16.2. The molecular formula is C21H22N4O3. The highest BCUT2D eigenvalue weighted by Gasteiger charge is 2.20. The molecule has 28 heavy (non-hydrogen) atoms. The molecule has 2 amide bonds. The number of carbonyl (C=O) groups excluding carboxylic acids is 2. The molecule has 0 radical (unpaired) electrons. The van der Waals surface area contributed by atoms with E-state index in [0.717, 1.165) is 5.56 Å². The second kappa shape index (κ2) is 8.47. The molecule has 1 aromatic heterocycles. The number of aromatic amines is 1. The average molecular weight is 378 g/mol. The first-order valence-electron chi connectivity index (χ1n) is 8.98. The molecule has 2 aromatic carbocycles. The molecule has 0 saturated heterocycles. The van der Waals surface area contributed by atoms with Crippen LogP contribution in [0.3, 0.4) is 0 Å². The van der Waals surface area contributed by atoms with Gasteiger partial charge >= 0.3 is 0 Å². The van der Waals surface area contributed by atoms with Gasteiger partial charge in [-0.3, -0.25) is 14.4 Å². The van der Waals surface area contributed by atoms with Crippen LogP contribution < -0.4 is 10.9 Å². The predicted molar refractivity (Wildman–Crippen MR) is 106 cm³/mol. The van der Waals surface area contributed by atoms with E-state index in [9.17, 15) is 14.4 Å². The van der Waals surface area contributed by atoms with Crippen molar-refractivity contribution in [2.75, 3.05) is 7.05 Å². The number of nitrogens with zero attached hydrogens (tertiary/aromatic N) is 2. The van der Waals surface area contributed by atoms with Crippen LogP contribution in [0.25, 0.3) is 10.9 Å². The van der Waals surface area contributed by atoms with Crippen LogP contribution in [-0.2, 0) is 16.1 Å². The van der Waals surface area contributed by atoms with Crippen LogP contribution in [0.2, 0.25) is 0 Å². The first kappa shape index (κ1) is 19.3. The van der Waals surface area contributed by atoms with E-state index in [0.29, 0.717) is 16.7 Å². The smallest absolute Gasteiger partial charge is 0.258 e. The van der Waals surface area contributed by atoms with Gasteiger partial charge < -0.3 is 15.2 Å². The number of nitrogens with one attached hydrogen (secondary N) is 2. The fourth-order valence-corrected chi connectivity index (χ4v) is 3.04. The first-order valence-corrected chi connectivity index (χ1v) is 8.98. The minimum atomic E-state index is -0.419. The molecule has 2 N–H and O–H groups in total. The van der Waals surface area contributed by atoms with E-state index < -0.39 is 6.04 Å². The molecule has 3 rings (SSSR count). The molecule has 0 saturated carbocycles. The van der Waals surface area contributed by atoms with Gasteiger partial charge in [0.15, 0.2) is 0 Å². The Kier molecular flexibility index (Phi) is 5.84. The zero-order valence-electron chi connectivity index (χ0n) is 15.8. The van der Waals surface area contributed by atoms with Crippen molar-refractivity contribution in [2.45, 2.75) is 25.9 Å². The van der Waals surface area contributed by atoms with Crippen molar-refractivity contribution in [2.24, 2.45) is 0 Å². The standard InChI is InChI=1S/C21H22N4O3/c1-14(26)22-18(15-8-4-3-5-9-15)12-20(27)25(2)13-19-23-17-11-7-6-10-16(17)21(28)24-19/h3-11,18H,12-13H2,1-2H3,(H,22,26)(H,23,24,28)/t18-/m0/s1. The number of fused-ring (bicyclic) bond motifs is 1. The molecule has 0 bridgehead atoms. The van der Waals surface area contributed by atoms with Crippen molar-refractivity contribution in [3.63, 3.8) is 0 Å². The largest absolute Gasteiger partial charge is 0.349 e. The van der Waals surface area contributed by atoms with Crippen LogP contribution in [0, 0.1) is 0 Å². The molecular weight excluding hydrogens is 356 g/mol. The topological polar surface area (TPSA) is 95.2 Å². The van der Waals surface area contributed by atoms with Crippen molar-refractivity contribution in [3.05, 3.63) is 76.3 Å². The Bertz CT molecular complexity index is 1050. The minimum Gasteiger partial charge on any atom is -0.349 e. The second-order valence-electron chi connectivity index (χ2n) is 6.65. The summed E-state index contributed by atoms with van der Waals surface area (Å²) < 4.78 is 0. The third-order valence-electron chi connectivity index (χ3n) is 4.43. The lowest BCUT2D eigenvalue weighted by Crippen LogP contribution is -2.34. The van der Waals surface area contributed by atoms with Crippen molar-refractivity contribution in [1.82, 2.24) is 20.2 Å². The predicted octanol–water partition coefficient (Wildman–Crippen LogP) is 2.15. The number of para-hydroxylation sites is 1. The van der Waals surface area contributed by atoms with Gasteiger partial charge in [0.1, 0.15) is 5.82 Å². The van der Waals surface area contributed by atoms with Crippen molar-refractivity contribution < 1.29 is 9.59 Å². The van der Waals surface area contributed by atoms with Crippen LogP contribution in [0.5, 0.6) is 0 Å². The third-order valence-corrected chi connectivity index (χ3v) is 4.43. The SMILES string of the molecule is CC(=O)N[C@@H](CC(=O)N(C)Cc1nc2ccccc2c(=O)[nH]1)c1ccccc1. The van der Waals surface area contributed by atoms with Gasteiger partial charge in [0.2, 0.25) is 11.8 Å². The molecule has 7 nitrogen and oxygen atoms in total. The summed E-state index contributed by atoms with van der Waals surface area (Å²) in [5.74, 6) is 0.0404. The number of aromatic nitrogens is 2. The third kappa shape index (κ3) is 4.62. The molecule has 0 fully saturated rings. The summed E-state index contributed by atoms with van der Waals surface area (Å²) in [6, 6.07) is 16.0. The van der Waals surface area contributed by atoms with E-state index in [1.165, 1.54) is 11.8 Å². The Morgan fingerprint density at radius 2 is 1.79 bits per heavy atom. The second-order valence-corrected chi connectivity index (χ2v) is 6.65. The maximum absolute atomic E-state index is 12.7. The van der Waals surface area contributed by atoms with Crippen LogP contribution in [0.4, 0.5) is 0 Å². The lowest BCUT2D eigenvalue weighted by molar-refractivity contribution is -0.131. The average Bonchev–Trinajstić information content (AvgIpc) is 2.67. The maximum Gasteiger partial charge on any atom is 0.258 e.